The maximum Gasteiger partial charge on any atom is 0.535 e. The highest BCUT2D eigenvalue weighted by Crippen LogP contribution is 2.45. The van der Waals surface area contributed by atoms with Gasteiger partial charge in [0.15, 0.2) is 19.7 Å². The van der Waals surface area contributed by atoms with Gasteiger partial charge in [-0.25, -0.2) is 64.7 Å². The minimum Gasteiger partial charge on any atom is -0.474 e. The summed E-state index contributed by atoms with van der Waals surface area (Å²) < 4.78 is 109. The highest BCUT2D eigenvalue weighted by atomic mass is 32.2. The maximum absolute atomic E-state index is 14.6. The van der Waals surface area contributed by atoms with E-state index in [1.54, 1.807) is 25.7 Å². The van der Waals surface area contributed by atoms with Crippen LogP contribution in [0.1, 0.15) is 128 Å². The van der Waals surface area contributed by atoms with E-state index in [4.69, 9.17) is 28.4 Å². The SMILES string of the molecule is CCOC(=O)C1(OC(=O)N2C3CCCC2CC(Oc2ncnc(Nc4ccc(S(C)(=O)=O)cc4F)c2C)C3)CC1.CCOC(=O)C1(OC(=O)ON2C(=O)CCC2=O)CC1.Cc1c(Nc2ccc(S(C)(=O)=O)cc2F)ncnc1OC1CC2CCCC(C1)N2. The zero-order chi connectivity index (χ0) is 63.3. The van der Waals surface area contributed by atoms with E-state index in [0.717, 1.165) is 56.7 Å². The van der Waals surface area contributed by atoms with Crippen molar-refractivity contribution in [1.29, 1.82) is 0 Å². The van der Waals surface area contributed by atoms with Gasteiger partial charge in [-0.05, 0) is 109 Å². The Bertz CT molecular complexity index is 3520. The first-order valence-electron chi connectivity index (χ1n) is 29.2. The first-order valence-corrected chi connectivity index (χ1v) is 32.9. The fourth-order valence-electron chi connectivity index (χ4n) is 11.2. The third-order valence-electron chi connectivity index (χ3n) is 16.1. The van der Waals surface area contributed by atoms with Crippen LogP contribution in [0.15, 0.2) is 58.8 Å². The molecule has 3 N–H and O–H groups in total. The van der Waals surface area contributed by atoms with Crippen molar-refractivity contribution < 1.29 is 87.6 Å². The first kappa shape index (κ1) is 64.6. The van der Waals surface area contributed by atoms with Crippen LogP contribution in [0.3, 0.4) is 0 Å². The van der Waals surface area contributed by atoms with Gasteiger partial charge in [-0.2, -0.15) is 0 Å². The molecule has 2 aliphatic carbocycles. The number of sulfone groups is 2. The van der Waals surface area contributed by atoms with Crippen molar-refractivity contribution in [2.24, 2.45) is 0 Å². The van der Waals surface area contributed by atoms with Crippen molar-refractivity contribution in [1.82, 2.24) is 35.2 Å². The number of aromatic nitrogens is 4. The molecule has 30 heteroatoms. The largest absolute Gasteiger partial charge is 0.535 e. The first-order chi connectivity index (χ1) is 41.8. The second-order valence-electron chi connectivity index (χ2n) is 22.8. The number of carbonyl (C=O) groups is 6. The van der Waals surface area contributed by atoms with E-state index in [9.17, 15) is 54.4 Å². The lowest BCUT2D eigenvalue weighted by molar-refractivity contribution is -0.182. The van der Waals surface area contributed by atoms with E-state index in [1.165, 1.54) is 56.2 Å². The summed E-state index contributed by atoms with van der Waals surface area (Å²) in [6, 6.07) is 8.19. The second kappa shape index (κ2) is 26.9. The average Bonchev–Trinajstić information content (AvgIpc) is 2.42. The average molecular weight is 1270 g/mol. The molecule has 7 heterocycles. The van der Waals surface area contributed by atoms with Gasteiger partial charge in [-0.3, -0.25) is 14.4 Å². The normalized spacial score (nSPS) is 22.9. The molecule has 26 nitrogen and oxygen atoms in total. The molecule has 0 spiro atoms. The smallest absolute Gasteiger partial charge is 0.474 e. The Morgan fingerprint density at radius 1 is 0.636 bits per heavy atom. The van der Waals surface area contributed by atoms with Crippen molar-refractivity contribution in [3.8, 4) is 11.8 Å². The molecule has 7 fully saturated rings. The second-order valence-corrected chi connectivity index (χ2v) is 26.8. The number of piperidine rings is 4. The fraction of sp³-hybridized carbons (Fsp3) is 0.552. The number of hydroxylamine groups is 2. The summed E-state index contributed by atoms with van der Waals surface area (Å²) in [5.74, 6) is -2.17. The number of anilines is 4. The zero-order valence-corrected chi connectivity index (χ0v) is 51.1. The molecule has 5 aliphatic heterocycles. The van der Waals surface area contributed by atoms with Crippen LogP contribution in [0.5, 0.6) is 11.8 Å². The Morgan fingerprint density at radius 2 is 1.07 bits per heavy atom. The molecule has 11 rings (SSSR count). The molecule has 88 heavy (non-hydrogen) atoms. The number of carbonyl (C=O) groups excluding carboxylic acids is 6. The summed E-state index contributed by atoms with van der Waals surface area (Å²) in [7, 11) is -7.01. The molecule has 2 aromatic carbocycles. The molecule has 2 aromatic heterocycles. The number of nitrogens with one attached hydrogen (secondary N) is 3. The standard InChI is InChI=1S/C27H33FN4O7S.C20H25FN4O3S.C11H13NO7/c1-4-37-25(33)27(10-11-27)39-26(34)32-17-6-5-7-18(32)13-19(12-17)38-24-16(2)23(29-15-30-24)31-22-9-8-20(14-21(22)28)40(3,35)36;1-12-19(25-18-7-6-16(10-17(18)21)29(2,26)27)22-11-23-20(12)28-15-8-13-4-3-5-14(9-15)24-13;1-2-17-9(15)11(5-6-11)18-10(16)19-12-7(13)3-4-8(12)14/h8-9,14-15,17-19H,4-7,10-13H2,1-3H3,(H,29,30,31);6-7,10-11,13-15,24H,3-5,8-9H2,1-2H3,(H,22,23,25);2-6H2,1H3. The topological polar surface area (TPSA) is 329 Å². The number of hydrogen-bond donors (Lipinski definition) is 3. The van der Waals surface area contributed by atoms with Gasteiger partial charge in [0.25, 0.3) is 11.8 Å². The van der Waals surface area contributed by atoms with Crippen LogP contribution in [0.4, 0.5) is 41.4 Å². The van der Waals surface area contributed by atoms with E-state index in [1.807, 2.05) is 6.92 Å². The van der Waals surface area contributed by atoms with E-state index < -0.39 is 78.5 Å². The zero-order valence-electron chi connectivity index (χ0n) is 49.5. The Hall–Kier alpha value is -7.86. The van der Waals surface area contributed by atoms with Crippen molar-refractivity contribution in [2.45, 2.75) is 188 Å². The van der Waals surface area contributed by atoms with E-state index >= 15 is 0 Å². The van der Waals surface area contributed by atoms with Crippen LogP contribution < -0.4 is 25.4 Å². The number of fused-ring (bicyclic) bond motifs is 4. The molecule has 4 unspecified atom stereocenters. The number of hydrogen-bond acceptors (Lipinski definition) is 24. The summed E-state index contributed by atoms with van der Waals surface area (Å²) in [4.78, 5) is 93.9. The van der Waals surface area contributed by atoms with E-state index in [0.29, 0.717) is 90.2 Å². The lowest BCUT2D eigenvalue weighted by Crippen LogP contribution is -2.57. The maximum atomic E-state index is 14.6. The number of imide groups is 1. The molecule has 4 bridgehead atoms. The number of ether oxygens (including phenoxy) is 6. The van der Waals surface area contributed by atoms with Crippen LogP contribution in [-0.2, 0) is 62.6 Å². The number of rotatable bonds is 17. The predicted octanol–water partition coefficient (Wildman–Crippen LogP) is 7.49. The van der Waals surface area contributed by atoms with Crippen molar-refractivity contribution in [3.05, 3.63) is 71.8 Å². The number of esters is 2. The number of nitrogens with zero attached hydrogens (tertiary/aromatic N) is 6. The van der Waals surface area contributed by atoms with Gasteiger partial charge in [-0.1, -0.05) is 11.5 Å². The van der Waals surface area contributed by atoms with Gasteiger partial charge < -0.3 is 49.3 Å². The van der Waals surface area contributed by atoms with Crippen LogP contribution in [0, 0.1) is 25.5 Å². The molecule has 2 saturated carbocycles. The Balaban J connectivity index is 0.000000168. The Kier molecular flexibility index (Phi) is 19.7. The fourth-order valence-corrected chi connectivity index (χ4v) is 12.5. The third-order valence-corrected chi connectivity index (χ3v) is 18.3. The summed E-state index contributed by atoms with van der Waals surface area (Å²) in [5, 5.41) is 9.82. The van der Waals surface area contributed by atoms with Gasteiger partial charge in [0, 0.05) is 88.0 Å². The third kappa shape index (κ3) is 15.5. The van der Waals surface area contributed by atoms with E-state index in [2.05, 4.69) is 40.7 Å². The predicted molar refractivity (Wildman–Crippen MR) is 307 cm³/mol. The van der Waals surface area contributed by atoms with Gasteiger partial charge in [0.1, 0.15) is 48.1 Å². The lowest BCUT2D eigenvalue weighted by atomic mass is 9.83. The molecule has 7 aliphatic rings. The highest BCUT2D eigenvalue weighted by molar-refractivity contribution is 7.91. The molecule has 0 radical (unpaired) electrons. The van der Waals surface area contributed by atoms with Crippen molar-refractivity contribution in [3.63, 3.8) is 0 Å². The van der Waals surface area contributed by atoms with Crippen LogP contribution >= 0.6 is 0 Å². The molecule has 3 amide bonds. The molecule has 4 aromatic rings. The van der Waals surface area contributed by atoms with Crippen molar-refractivity contribution in [2.75, 3.05) is 36.4 Å². The molecular formula is C58H71F2N9O17S2. The van der Waals surface area contributed by atoms with Gasteiger partial charge in [-0.15, -0.1) is 0 Å². The molecule has 4 atom stereocenters. The van der Waals surface area contributed by atoms with Crippen molar-refractivity contribution >= 4 is 78.7 Å². The monoisotopic (exact) mass is 1270 g/mol. The minimum atomic E-state index is -3.54. The molecule has 5 saturated heterocycles. The Morgan fingerprint density at radius 3 is 1.49 bits per heavy atom. The highest BCUT2D eigenvalue weighted by Gasteiger charge is 2.58. The molecule has 476 valence electrons. The quantitative estimate of drug-likeness (QED) is 0.0523. The summed E-state index contributed by atoms with van der Waals surface area (Å²) in [5.41, 5.74) is -1.02. The van der Waals surface area contributed by atoms with Gasteiger partial charge in [0.05, 0.1) is 45.5 Å². The number of benzene rings is 2. The number of halogens is 2. The van der Waals surface area contributed by atoms with Crippen LogP contribution in [0.2, 0.25) is 0 Å². The number of amides is 3. The lowest BCUT2D eigenvalue weighted by Gasteiger charge is -2.48. The van der Waals surface area contributed by atoms with Crippen LogP contribution in [0.25, 0.3) is 0 Å². The minimum absolute atomic E-state index is 0.00483. The van der Waals surface area contributed by atoms with E-state index in [-0.39, 0.29) is 71.5 Å². The van der Waals surface area contributed by atoms with Gasteiger partial charge in [0.2, 0.25) is 23.0 Å². The van der Waals surface area contributed by atoms with Gasteiger partial charge >= 0.3 is 24.2 Å². The summed E-state index contributed by atoms with van der Waals surface area (Å²) in [6.07, 6.45) is 13.8. The summed E-state index contributed by atoms with van der Waals surface area (Å²) in [6.45, 7) is 7.33. The van der Waals surface area contributed by atoms with Crippen LogP contribution in [-0.4, -0.2) is 156 Å². The Labute approximate surface area is 507 Å². The molecular weight excluding hydrogens is 1200 g/mol. The summed E-state index contributed by atoms with van der Waals surface area (Å²) >= 11 is 0.